The van der Waals surface area contributed by atoms with Crippen molar-refractivity contribution in [1.29, 1.82) is 5.26 Å². The second-order valence-electron chi connectivity index (χ2n) is 7.50. The molecule has 2 saturated carbocycles. The van der Waals surface area contributed by atoms with Crippen LogP contribution in [-0.2, 0) is 16.0 Å². The standard InChI is InChI=1S/C19H26N4O2/c20-12-17(10-14-3-1-2-4-18(14)24)22-19(25)15(9-13-5-6-13)11-16-7-8-21-23-16/h7-8,13-15,17H,1-6,9-11H2,(H,21,23)(H,22,25). The molecule has 3 atom stereocenters. The summed E-state index contributed by atoms with van der Waals surface area (Å²) >= 11 is 0. The summed E-state index contributed by atoms with van der Waals surface area (Å²) in [6, 6.07) is 3.48. The molecule has 0 radical (unpaired) electrons. The van der Waals surface area contributed by atoms with Gasteiger partial charge in [0.25, 0.3) is 0 Å². The maximum absolute atomic E-state index is 12.7. The summed E-state index contributed by atoms with van der Waals surface area (Å²) in [5.74, 6) is 0.572. The number of hydrogen-bond donors (Lipinski definition) is 2. The van der Waals surface area contributed by atoms with Gasteiger partial charge in [-0.05, 0) is 37.7 Å². The summed E-state index contributed by atoms with van der Waals surface area (Å²) in [5.41, 5.74) is 0.941. The molecule has 0 aromatic carbocycles. The number of nitrogens with one attached hydrogen (secondary N) is 2. The first kappa shape index (κ1) is 17.7. The average molecular weight is 342 g/mol. The topological polar surface area (TPSA) is 98.6 Å². The largest absolute Gasteiger partial charge is 0.340 e. The number of Topliss-reactive ketones (excluding diaryl/α,β-unsaturated/α-hetero) is 1. The highest BCUT2D eigenvalue weighted by molar-refractivity contribution is 5.82. The molecule has 6 nitrogen and oxygen atoms in total. The minimum atomic E-state index is -0.581. The van der Waals surface area contributed by atoms with Gasteiger partial charge in [0.2, 0.25) is 5.91 Å². The van der Waals surface area contributed by atoms with Gasteiger partial charge in [-0.3, -0.25) is 14.7 Å². The van der Waals surface area contributed by atoms with E-state index in [1.807, 2.05) is 6.07 Å². The second-order valence-corrected chi connectivity index (χ2v) is 7.50. The molecule has 2 N–H and O–H groups in total. The minimum absolute atomic E-state index is 0.0729. The monoisotopic (exact) mass is 342 g/mol. The molecule has 1 aromatic heterocycles. The highest BCUT2D eigenvalue weighted by Gasteiger charge is 2.32. The molecule has 25 heavy (non-hydrogen) atoms. The van der Waals surface area contributed by atoms with E-state index in [-0.39, 0.29) is 23.5 Å². The minimum Gasteiger partial charge on any atom is -0.340 e. The molecule has 2 fully saturated rings. The Kier molecular flexibility index (Phi) is 5.85. The predicted octanol–water partition coefficient (Wildman–Crippen LogP) is 2.53. The van der Waals surface area contributed by atoms with Crippen LogP contribution in [0.5, 0.6) is 0 Å². The van der Waals surface area contributed by atoms with Gasteiger partial charge in [0, 0.05) is 36.6 Å². The van der Waals surface area contributed by atoms with Crippen molar-refractivity contribution < 1.29 is 9.59 Å². The van der Waals surface area contributed by atoms with E-state index in [0.717, 1.165) is 31.4 Å². The lowest BCUT2D eigenvalue weighted by atomic mass is 9.83. The molecule has 2 aliphatic rings. The van der Waals surface area contributed by atoms with E-state index >= 15 is 0 Å². The van der Waals surface area contributed by atoms with Gasteiger partial charge in [0.15, 0.2) is 0 Å². The van der Waals surface area contributed by atoms with Gasteiger partial charge in [-0.15, -0.1) is 0 Å². The van der Waals surface area contributed by atoms with E-state index < -0.39 is 6.04 Å². The van der Waals surface area contributed by atoms with E-state index in [4.69, 9.17) is 0 Å². The zero-order chi connectivity index (χ0) is 17.6. The van der Waals surface area contributed by atoms with Crippen LogP contribution in [0.2, 0.25) is 0 Å². The normalized spacial score (nSPS) is 22.8. The summed E-state index contributed by atoms with van der Waals surface area (Å²) < 4.78 is 0. The first-order valence-electron chi connectivity index (χ1n) is 9.36. The van der Waals surface area contributed by atoms with Crippen molar-refractivity contribution in [3.8, 4) is 6.07 Å². The molecular weight excluding hydrogens is 316 g/mol. The maximum atomic E-state index is 12.7. The maximum Gasteiger partial charge on any atom is 0.224 e. The Hall–Kier alpha value is -2.16. The highest BCUT2D eigenvalue weighted by Crippen LogP contribution is 2.36. The number of nitrogens with zero attached hydrogens (tertiary/aromatic N) is 2. The van der Waals surface area contributed by atoms with Crippen LogP contribution in [0, 0.1) is 29.1 Å². The number of H-pyrrole nitrogens is 1. The van der Waals surface area contributed by atoms with Crippen LogP contribution in [0.4, 0.5) is 0 Å². The number of amides is 1. The van der Waals surface area contributed by atoms with Crippen LogP contribution in [0.3, 0.4) is 0 Å². The SMILES string of the molecule is N#CC(CC1CCCCC1=O)NC(=O)C(Cc1ccn[nH]1)CC1CC1. The third-order valence-electron chi connectivity index (χ3n) is 5.38. The zero-order valence-electron chi connectivity index (χ0n) is 14.5. The molecule has 3 unspecified atom stereocenters. The fraction of sp³-hybridized carbons (Fsp3) is 0.684. The highest BCUT2D eigenvalue weighted by atomic mass is 16.2. The van der Waals surface area contributed by atoms with E-state index in [9.17, 15) is 14.9 Å². The van der Waals surface area contributed by atoms with Gasteiger partial charge in [0.1, 0.15) is 11.8 Å². The molecule has 0 aliphatic heterocycles. The van der Waals surface area contributed by atoms with Crippen molar-refractivity contribution in [1.82, 2.24) is 15.5 Å². The molecule has 1 heterocycles. The molecule has 6 heteroatoms. The fourth-order valence-corrected chi connectivity index (χ4v) is 3.73. The Balaban J connectivity index is 1.57. The van der Waals surface area contributed by atoms with Crippen LogP contribution in [0.25, 0.3) is 0 Å². The van der Waals surface area contributed by atoms with Gasteiger partial charge in [0.05, 0.1) is 6.07 Å². The number of aromatic nitrogens is 2. The molecule has 134 valence electrons. The Bertz CT molecular complexity index is 630. The second kappa shape index (κ2) is 8.28. The van der Waals surface area contributed by atoms with Crippen LogP contribution < -0.4 is 5.32 Å². The number of ketones is 1. The van der Waals surface area contributed by atoms with Crippen LogP contribution in [-0.4, -0.2) is 27.9 Å². The van der Waals surface area contributed by atoms with Crippen LogP contribution in [0.1, 0.15) is 57.1 Å². The van der Waals surface area contributed by atoms with Crippen LogP contribution in [0.15, 0.2) is 12.3 Å². The third kappa shape index (κ3) is 5.15. The van der Waals surface area contributed by atoms with Gasteiger partial charge in [-0.1, -0.05) is 19.3 Å². The summed E-state index contributed by atoms with van der Waals surface area (Å²) in [5, 5.41) is 19.2. The number of carbonyl (C=O) groups excluding carboxylic acids is 2. The smallest absolute Gasteiger partial charge is 0.224 e. The van der Waals surface area contributed by atoms with Crippen molar-refractivity contribution in [2.45, 2.75) is 63.8 Å². The van der Waals surface area contributed by atoms with Gasteiger partial charge in [-0.25, -0.2) is 0 Å². The summed E-state index contributed by atoms with van der Waals surface area (Å²) in [7, 11) is 0. The molecule has 1 amide bonds. The Morgan fingerprint density at radius 2 is 2.20 bits per heavy atom. The predicted molar refractivity (Wildman–Crippen MR) is 92.2 cm³/mol. The number of aromatic amines is 1. The molecule has 0 saturated heterocycles. The van der Waals surface area contributed by atoms with E-state index in [1.54, 1.807) is 6.20 Å². The lowest BCUT2D eigenvalue weighted by molar-refractivity contribution is -0.127. The molecule has 0 bridgehead atoms. The Morgan fingerprint density at radius 1 is 1.36 bits per heavy atom. The van der Waals surface area contributed by atoms with Crippen molar-refractivity contribution in [2.24, 2.45) is 17.8 Å². The quantitative estimate of drug-likeness (QED) is 0.758. The van der Waals surface area contributed by atoms with Crippen molar-refractivity contribution in [3.05, 3.63) is 18.0 Å². The van der Waals surface area contributed by atoms with Crippen molar-refractivity contribution in [3.63, 3.8) is 0 Å². The van der Waals surface area contributed by atoms with Gasteiger partial charge >= 0.3 is 0 Å². The van der Waals surface area contributed by atoms with Crippen molar-refractivity contribution in [2.75, 3.05) is 0 Å². The summed E-state index contributed by atoms with van der Waals surface area (Å²) in [4.78, 5) is 24.7. The molecule has 1 aromatic rings. The molecule has 3 rings (SSSR count). The van der Waals surface area contributed by atoms with Gasteiger partial charge < -0.3 is 5.32 Å². The molecular formula is C19H26N4O2. The lowest BCUT2D eigenvalue weighted by Gasteiger charge is -2.24. The summed E-state index contributed by atoms with van der Waals surface area (Å²) in [6.07, 6.45) is 9.41. The Labute approximate surface area is 148 Å². The van der Waals surface area contributed by atoms with Gasteiger partial charge in [-0.2, -0.15) is 10.4 Å². The number of hydrogen-bond acceptors (Lipinski definition) is 4. The Morgan fingerprint density at radius 3 is 2.84 bits per heavy atom. The fourth-order valence-electron chi connectivity index (χ4n) is 3.73. The molecule has 0 spiro atoms. The summed E-state index contributed by atoms with van der Waals surface area (Å²) in [6.45, 7) is 0. The number of nitriles is 1. The zero-order valence-corrected chi connectivity index (χ0v) is 14.5. The van der Waals surface area contributed by atoms with Crippen LogP contribution >= 0.6 is 0 Å². The lowest BCUT2D eigenvalue weighted by Crippen LogP contribution is -2.41. The third-order valence-corrected chi connectivity index (χ3v) is 5.38. The molecule has 2 aliphatic carbocycles. The van der Waals surface area contributed by atoms with E-state index in [1.165, 1.54) is 12.8 Å². The first-order chi connectivity index (χ1) is 12.2. The average Bonchev–Trinajstić information content (AvgIpc) is 3.28. The first-order valence-corrected chi connectivity index (χ1v) is 9.36. The van der Waals surface area contributed by atoms with Crippen molar-refractivity contribution >= 4 is 11.7 Å². The van der Waals surface area contributed by atoms with E-state index in [2.05, 4.69) is 21.6 Å². The van der Waals surface area contributed by atoms with E-state index in [0.29, 0.717) is 25.2 Å². The number of rotatable bonds is 8. The number of carbonyl (C=O) groups is 2.